The minimum Gasteiger partial charge on any atom is -0.349 e. The van der Waals surface area contributed by atoms with Crippen molar-refractivity contribution in [1.29, 1.82) is 0 Å². The summed E-state index contributed by atoms with van der Waals surface area (Å²) in [5, 5.41) is 0.170. The van der Waals surface area contributed by atoms with E-state index in [4.69, 9.17) is 16.3 Å². The quantitative estimate of drug-likeness (QED) is 0.589. The molecule has 86 valence electrons. The zero-order chi connectivity index (χ0) is 11.5. The number of ether oxygens (including phenoxy) is 1. The van der Waals surface area contributed by atoms with E-state index < -0.39 is 6.23 Å². The first-order valence-corrected chi connectivity index (χ1v) is 5.47. The maximum absolute atomic E-state index is 10.9. The van der Waals surface area contributed by atoms with E-state index in [9.17, 15) is 4.79 Å². The number of anilines is 1. The number of hydrogen-bond acceptors (Lipinski definition) is 5. The molecule has 0 aliphatic carbocycles. The number of hydrogen-bond donors (Lipinski definition) is 0. The van der Waals surface area contributed by atoms with Gasteiger partial charge in [0.1, 0.15) is 5.82 Å². The van der Waals surface area contributed by atoms with Crippen LogP contribution in [0, 0.1) is 0 Å². The van der Waals surface area contributed by atoms with Crippen LogP contribution in [0.1, 0.15) is 13.3 Å². The molecule has 0 spiro atoms. The second-order valence-corrected chi connectivity index (χ2v) is 3.85. The highest BCUT2D eigenvalue weighted by Crippen LogP contribution is 2.25. The summed E-state index contributed by atoms with van der Waals surface area (Å²) in [5.41, 5.74) is 0. The smallest absolute Gasteiger partial charge is 0.224 e. The standard InChI is InChI=1S/C10H12ClN3O2/c1-2-7-6-16-9(5-15)14(7)8-3-4-12-10(11)13-8/h3-5,7,9H,2,6H2,1H3/t7-,9?/m0/s1. The molecule has 0 aromatic carbocycles. The lowest BCUT2D eigenvalue weighted by Gasteiger charge is -2.25. The highest BCUT2D eigenvalue weighted by atomic mass is 35.5. The van der Waals surface area contributed by atoms with Crippen molar-refractivity contribution in [1.82, 2.24) is 9.97 Å². The van der Waals surface area contributed by atoms with E-state index in [1.54, 1.807) is 12.3 Å². The van der Waals surface area contributed by atoms with Gasteiger partial charge in [-0.15, -0.1) is 0 Å². The molecule has 0 saturated carbocycles. The van der Waals surface area contributed by atoms with Gasteiger partial charge in [0.05, 0.1) is 12.6 Å². The Morgan fingerprint density at radius 2 is 2.56 bits per heavy atom. The number of aldehydes is 1. The second kappa shape index (κ2) is 4.76. The summed E-state index contributed by atoms with van der Waals surface area (Å²) in [6.45, 7) is 2.57. The summed E-state index contributed by atoms with van der Waals surface area (Å²) in [5.74, 6) is 0.626. The molecule has 1 unspecified atom stereocenters. The van der Waals surface area contributed by atoms with Gasteiger partial charge >= 0.3 is 0 Å². The fourth-order valence-corrected chi connectivity index (χ4v) is 1.93. The molecule has 0 N–H and O–H groups in total. The van der Waals surface area contributed by atoms with Gasteiger partial charge in [0.25, 0.3) is 0 Å². The summed E-state index contributed by atoms with van der Waals surface area (Å²) in [7, 11) is 0. The maximum Gasteiger partial charge on any atom is 0.224 e. The van der Waals surface area contributed by atoms with Crippen LogP contribution in [0.15, 0.2) is 12.3 Å². The molecule has 5 nitrogen and oxygen atoms in total. The molecule has 1 aliphatic heterocycles. The molecule has 1 aromatic rings. The van der Waals surface area contributed by atoms with Crippen LogP contribution in [0.25, 0.3) is 0 Å². The van der Waals surface area contributed by atoms with Crippen LogP contribution in [0.5, 0.6) is 0 Å². The third kappa shape index (κ3) is 2.01. The van der Waals surface area contributed by atoms with Gasteiger partial charge in [0.2, 0.25) is 5.28 Å². The predicted octanol–water partition coefficient (Wildman–Crippen LogP) is 1.27. The largest absolute Gasteiger partial charge is 0.349 e. The van der Waals surface area contributed by atoms with Crippen molar-refractivity contribution in [3.8, 4) is 0 Å². The van der Waals surface area contributed by atoms with Gasteiger partial charge in [0, 0.05) is 6.20 Å². The lowest BCUT2D eigenvalue weighted by Crippen LogP contribution is -2.38. The Balaban J connectivity index is 2.31. The minimum atomic E-state index is -0.573. The van der Waals surface area contributed by atoms with Gasteiger partial charge in [-0.2, -0.15) is 0 Å². The van der Waals surface area contributed by atoms with Crippen molar-refractivity contribution >= 4 is 23.7 Å². The Labute approximate surface area is 98.4 Å². The molecule has 16 heavy (non-hydrogen) atoms. The Morgan fingerprint density at radius 1 is 1.75 bits per heavy atom. The van der Waals surface area contributed by atoms with Gasteiger partial charge in [-0.1, -0.05) is 6.92 Å². The SMILES string of the molecule is CC[C@H]1COC(C=O)N1c1ccnc(Cl)n1. The molecule has 0 radical (unpaired) electrons. The lowest BCUT2D eigenvalue weighted by molar-refractivity contribution is -0.115. The second-order valence-electron chi connectivity index (χ2n) is 3.51. The van der Waals surface area contributed by atoms with E-state index in [1.165, 1.54) is 0 Å². The fourth-order valence-electron chi connectivity index (χ4n) is 1.78. The number of aromatic nitrogens is 2. The predicted molar refractivity (Wildman–Crippen MR) is 59.4 cm³/mol. The molecule has 6 heteroatoms. The normalized spacial score (nSPS) is 24.8. The Hall–Kier alpha value is -1.20. The van der Waals surface area contributed by atoms with Crippen molar-refractivity contribution in [2.24, 2.45) is 0 Å². The third-order valence-electron chi connectivity index (χ3n) is 2.59. The van der Waals surface area contributed by atoms with E-state index in [-0.39, 0.29) is 11.3 Å². The van der Waals surface area contributed by atoms with Gasteiger partial charge in [-0.05, 0) is 24.1 Å². The van der Waals surface area contributed by atoms with Crippen LogP contribution < -0.4 is 4.90 Å². The Bertz CT molecular complexity index is 388. The van der Waals surface area contributed by atoms with Gasteiger partial charge in [0.15, 0.2) is 12.5 Å². The van der Waals surface area contributed by atoms with Gasteiger partial charge in [-0.3, -0.25) is 4.79 Å². The van der Waals surface area contributed by atoms with Crippen molar-refractivity contribution in [3.05, 3.63) is 17.5 Å². The summed E-state index contributed by atoms with van der Waals surface area (Å²) < 4.78 is 5.37. The highest BCUT2D eigenvalue weighted by Gasteiger charge is 2.34. The molecule has 1 saturated heterocycles. The van der Waals surface area contributed by atoms with E-state index in [0.29, 0.717) is 12.4 Å². The Morgan fingerprint density at radius 3 is 3.19 bits per heavy atom. The highest BCUT2D eigenvalue weighted by molar-refractivity contribution is 6.28. The Kier molecular flexibility index (Phi) is 3.36. The molecular formula is C10H12ClN3O2. The van der Waals surface area contributed by atoms with Gasteiger partial charge in [-0.25, -0.2) is 9.97 Å². The van der Waals surface area contributed by atoms with Crippen molar-refractivity contribution in [3.63, 3.8) is 0 Å². The summed E-state index contributed by atoms with van der Waals surface area (Å²) in [4.78, 5) is 20.6. The summed E-state index contributed by atoms with van der Waals surface area (Å²) in [6, 6.07) is 1.88. The van der Waals surface area contributed by atoms with Crippen molar-refractivity contribution in [2.45, 2.75) is 25.6 Å². The molecule has 2 atom stereocenters. The van der Waals surface area contributed by atoms with Crippen molar-refractivity contribution in [2.75, 3.05) is 11.5 Å². The van der Waals surface area contributed by atoms with E-state index in [0.717, 1.165) is 12.7 Å². The number of carbonyl (C=O) groups is 1. The zero-order valence-corrected chi connectivity index (χ0v) is 9.59. The fraction of sp³-hybridized carbons (Fsp3) is 0.500. The average Bonchev–Trinajstić information content (AvgIpc) is 2.71. The van der Waals surface area contributed by atoms with E-state index in [1.807, 2.05) is 11.8 Å². The van der Waals surface area contributed by atoms with Crippen LogP contribution in [0.4, 0.5) is 5.82 Å². The van der Waals surface area contributed by atoms with Crippen LogP contribution in [0.3, 0.4) is 0 Å². The van der Waals surface area contributed by atoms with E-state index in [2.05, 4.69) is 9.97 Å². The van der Waals surface area contributed by atoms with Crippen molar-refractivity contribution < 1.29 is 9.53 Å². The number of halogens is 1. The molecule has 2 heterocycles. The summed E-state index contributed by atoms with van der Waals surface area (Å²) >= 11 is 5.73. The molecule has 1 fully saturated rings. The first-order valence-electron chi connectivity index (χ1n) is 5.10. The molecule has 1 aromatic heterocycles. The maximum atomic E-state index is 10.9. The number of nitrogens with zero attached hydrogens (tertiary/aromatic N) is 3. The molecular weight excluding hydrogens is 230 g/mol. The number of rotatable bonds is 3. The zero-order valence-electron chi connectivity index (χ0n) is 8.84. The van der Waals surface area contributed by atoms with Gasteiger partial charge < -0.3 is 9.64 Å². The first-order chi connectivity index (χ1) is 7.76. The monoisotopic (exact) mass is 241 g/mol. The first kappa shape index (κ1) is 11.3. The molecule has 2 rings (SSSR count). The topological polar surface area (TPSA) is 55.3 Å². The van der Waals surface area contributed by atoms with Crippen LogP contribution in [-0.2, 0) is 9.53 Å². The summed E-state index contributed by atoms with van der Waals surface area (Å²) in [6.07, 6.45) is 2.64. The molecule has 1 aliphatic rings. The third-order valence-corrected chi connectivity index (χ3v) is 2.77. The van der Waals surface area contributed by atoms with E-state index >= 15 is 0 Å². The minimum absolute atomic E-state index is 0.154. The molecule has 0 amide bonds. The molecule has 0 bridgehead atoms. The average molecular weight is 242 g/mol. The number of carbonyl (C=O) groups excluding carboxylic acids is 1. The lowest BCUT2D eigenvalue weighted by atomic mass is 10.2. The van der Waals surface area contributed by atoms with Crippen LogP contribution in [-0.4, -0.2) is 35.1 Å². The van der Waals surface area contributed by atoms with Crippen LogP contribution >= 0.6 is 11.6 Å². The van der Waals surface area contributed by atoms with Crippen LogP contribution in [0.2, 0.25) is 5.28 Å².